The SMILES string of the molecule is CSc1nc2c[n+](=O)c3c[nH]n(C)n3c2n1. The summed E-state index contributed by atoms with van der Waals surface area (Å²) in [6, 6.07) is 0. The first-order valence-corrected chi connectivity index (χ1v) is 5.83. The number of imidazole rings is 1. The number of nitrogens with one attached hydrogen (secondary N) is 1. The van der Waals surface area contributed by atoms with Crippen molar-refractivity contribution >= 4 is 28.6 Å². The Hall–Kier alpha value is -1.83. The van der Waals surface area contributed by atoms with Crippen LogP contribution in [0.4, 0.5) is 0 Å². The van der Waals surface area contributed by atoms with Crippen LogP contribution >= 0.6 is 11.8 Å². The molecule has 1 N–H and O–H groups in total. The smallest absolute Gasteiger partial charge is 0.267 e. The third-order valence-electron chi connectivity index (χ3n) is 2.39. The highest BCUT2D eigenvalue weighted by atomic mass is 32.2. The van der Waals surface area contributed by atoms with E-state index in [0.29, 0.717) is 22.0 Å². The predicted molar refractivity (Wildman–Crippen MR) is 59.0 cm³/mol. The van der Waals surface area contributed by atoms with E-state index in [1.54, 1.807) is 22.6 Å². The zero-order valence-corrected chi connectivity index (χ0v) is 9.52. The summed E-state index contributed by atoms with van der Waals surface area (Å²) in [7, 11) is 1.81. The van der Waals surface area contributed by atoms with Gasteiger partial charge in [0.25, 0.3) is 5.65 Å². The van der Waals surface area contributed by atoms with Gasteiger partial charge in [-0.1, -0.05) is 21.2 Å². The van der Waals surface area contributed by atoms with Crippen LogP contribution in [0.2, 0.25) is 0 Å². The van der Waals surface area contributed by atoms with Crippen LogP contribution < -0.4 is 4.43 Å². The Morgan fingerprint density at radius 2 is 2.31 bits per heavy atom. The standard InChI is InChI=1S/C8H9N6OS/c1-12-9-3-6-13(15)4-5-7(14(6)12)11-8(10-5)16-2/h3-4,9H,1-2H3/q+1. The van der Waals surface area contributed by atoms with E-state index >= 15 is 0 Å². The van der Waals surface area contributed by atoms with Gasteiger partial charge in [-0.3, -0.25) is 5.10 Å². The lowest BCUT2D eigenvalue weighted by Crippen LogP contribution is -2.18. The van der Waals surface area contributed by atoms with Gasteiger partial charge in [-0.25, -0.2) is 4.98 Å². The summed E-state index contributed by atoms with van der Waals surface area (Å²) in [5.74, 6) is 0. The molecule has 0 amide bonds. The maximum Gasteiger partial charge on any atom is 0.370 e. The molecule has 0 saturated heterocycles. The van der Waals surface area contributed by atoms with Crippen LogP contribution in [0.3, 0.4) is 0 Å². The van der Waals surface area contributed by atoms with Gasteiger partial charge >= 0.3 is 5.65 Å². The van der Waals surface area contributed by atoms with Gasteiger partial charge in [0.05, 0.1) is 7.05 Å². The van der Waals surface area contributed by atoms with Crippen LogP contribution in [-0.4, -0.2) is 30.6 Å². The van der Waals surface area contributed by atoms with E-state index in [1.807, 2.05) is 6.26 Å². The van der Waals surface area contributed by atoms with Crippen molar-refractivity contribution in [1.29, 1.82) is 0 Å². The van der Waals surface area contributed by atoms with E-state index in [4.69, 9.17) is 0 Å². The third-order valence-corrected chi connectivity index (χ3v) is 2.94. The van der Waals surface area contributed by atoms with Crippen molar-refractivity contribution in [3.63, 3.8) is 0 Å². The molecular weight excluding hydrogens is 228 g/mol. The molecule has 3 aromatic rings. The van der Waals surface area contributed by atoms with Crippen molar-refractivity contribution in [3.05, 3.63) is 17.3 Å². The summed E-state index contributed by atoms with van der Waals surface area (Å²) in [5, 5.41) is 3.58. The first kappa shape index (κ1) is 9.40. The zero-order valence-electron chi connectivity index (χ0n) is 8.71. The summed E-state index contributed by atoms with van der Waals surface area (Å²) in [5.41, 5.74) is 1.75. The molecule has 3 rings (SSSR count). The molecule has 3 aromatic heterocycles. The molecule has 0 radical (unpaired) electrons. The second-order valence-electron chi connectivity index (χ2n) is 3.34. The van der Waals surface area contributed by atoms with Gasteiger partial charge in [-0.15, -0.1) is 0 Å². The summed E-state index contributed by atoms with van der Waals surface area (Å²) in [6.45, 7) is 0. The molecule has 0 aliphatic carbocycles. The van der Waals surface area contributed by atoms with E-state index in [9.17, 15) is 4.91 Å². The monoisotopic (exact) mass is 237 g/mol. The number of rotatable bonds is 1. The fourth-order valence-corrected chi connectivity index (χ4v) is 2.04. The number of aromatic nitrogens is 6. The lowest BCUT2D eigenvalue weighted by atomic mass is 10.5. The van der Waals surface area contributed by atoms with Gasteiger partial charge in [-0.05, 0) is 6.26 Å². The minimum Gasteiger partial charge on any atom is -0.267 e. The lowest BCUT2D eigenvalue weighted by molar-refractivity contribution is -0.466. The van der Waals surface area contributed by atoms with Crippen LogP contribution in [0.1, 0.15) is 0 Å². The van der Waals surface area contributed by atoms with E-state index in [1.165, 1.54) is 18.0 Å². The lowest BCUT2D eigenvalue weighted by Gasteiger charge is -1.89. The fourth-order valence-electron chi connectivity index (χ4n) is 1.67. The average molecular weight is 237 g/mol. The van der Waals surface area contributed by atoms with Gasteiger partial charge in [0.15, 0.2) is 16.9 Å². The molecule has 0 aliphatic rings. The first-order valence-electron chi connectivity index (χ1n) is 4.61. The summed E-state index contributed by atoms with van der Waals surface area (Å²) in [6.07, 6.45) is 4.96. The highest BCUT2D eigenvalue weighted by Gasteiger charge is 2.19. The Labute approximate surface area is 93.7 Å². The number of aryl methyl sites for hydroxylation is 1. The fraction of sp³-hybridized carbons (Fsp3) is 0.250. The predicted octanol–water partition coefficient (Wildman–Crippen LogP) is 0.185. The van der Waals surface area contributed by atoms with Gasteiger partial charge < -0.3 is 0 Å². The quantitative estimate of drug-likeness (QED) is 0.484. The van der Waals surface area contributed by atoms with E-state index in [0.717, 1.165) is 4.43 Å². The Morgan fingerprint density at radius 3 is 3.06 bits per heavy atom. The Kier molecular flexibility index (Phi) is 1.81. The number of nitrogens with zero attached hydrogens (tertiary/aromatic N) is 5. The first-order chi connectivity index (χ1) is 7.70. The van der Waals surface area contributed by atoms with Crippen molar-refractivity contribution in [2.45, 2.75) is 5.16 Å². The summed E-state index contributed by atoms with van der Waals surface area (Å²) >= 11 is 1.45. The van der Waals surface area contributed by atoms with Crippen molar-refractivity contribution in [2.75, 3.05) is 6.26 Å². The van der Waals surface area contributed by atoms with Crippen LogP contribution in [0.15, 0.2) is 17.6 Å². The second kappa shape index (κ2) is 3.08. The largest absolute Gasteiger partial charge is 0.370 e. The molecule has 82 valence electrons. The van der Waals surface area contributed by atoms with Crippen molar-refractivity contribution in [3.8, 4) is 0 Å². The molecule has 7 nitrogen and oxygen atoms in total. The minimum absolute atomic E-state index is 0.488. The maximum absolute atomic E-state index is 11.7. The van der Waals surface area contributed by atoms with Crippen molar-refractivity contribution < 1.29 is 4.43 Å². The second-order valence-corrected chi connectivity index (χ2v) is 4.11. The molecule has 8 heteroatoms. The van der Waals surface area contributed by atoms with Crippen LogP contribution in [-0.2, 0) is 7.05 Å². The minimum atomic E-state index is 0.488. The Balaban J connectivity index is 2.60. The maximum atomic E-state index is 11.7. The van der Waals surface area contributed by atoms with Gasteiger partial charge in [0.2, 0.25) is 0 Å². The average Bonchev–Trinajstić information content (AvgIpc) is 2.82. The number of thioether (sulfide) groups is 1. The van der Waals surface area contributed by atoms with Gasteiger partial charge in [0, 0.05) is 4.43 Å². The van der Waals surface area contributed by atoms with E-state index < -0.39 is 0 Å². The van der Waals surface area contributed by atoms with E-state index in [2.05, 4.69) is 15.1 Å². The van der Waals surface area contributed by atoms with Crippen molar-refractivity contribution in [1.82, 2.24) is 24.4 Å². The molecule has 0 fully saturated rings. The van der Waals surface area contributed by atoms with Gasteiger partial charge in [0.1, 0.15) is 6.20 Å². The molecule has 0 aromatic carbocycles. The van der Waals surface area contributed by atoms with Gasteiger partial charge in [-0.2, -0.15) is 9.78 Å². The molecule has 0 aliphatic heterocycles. The molecule has 0 atom stereocenters. The number of H-pyrrole nitrogens is 1. The van der Waals surface area contributed by atoms with E-state index in [-0.39, 0.29) is 0 Å². The van der Waals surface area contributed by atoms with Crippen LogP contribution in [0, 0.1) is 4.91 Å². The highest BCUT2D eigenvalue weighted by molar-refractivity contribution is 7.98. The normalized spacial score (nSPS) is 11.6. The molecule has 3 heterocycles. The molecule has 16 heavy (non-hydrogen) atoms. The Morgan fingerprint density at radius 1 is 1.50 bits per heavy atom. The van der Waals surface area contributed by atoms with Crippen LogP contribution in [0.25, 0.3) is 16.8 Å². The molecular formula is C8H9N6OS+. The number of hydrogen-bond acceptors (Lipinski definition) is 4. The molecule has 0 bridgehead atoms. The summed E-state index contributed by atoms with van der Waals surface area (Å²) < 4.78 is 2.46. The zero-order chi connectivity index (χ0) is 11.3. The highest BCUT2D eigenvalue weighted by Crippen LogP contribution is 2.16. The third kappa shape index (κ3) is 1.10. The van der Waals surface area contributed by atoms with Crippen molar-refractivity contribution in [2.24, 2.45) is 7.05 Å². The summed E-state index contributed by atoms with van der Waals surface area (Å²) in [4.78, 5) is 22.0. The molecule has 0 unspecified atom stereocenters. The molecule has 0 spiro atoms. The topological polar surface area (TPSA) is 73.9 Å². The number of fused-ring (bicyclic) bond motifs is 3. The Bertz CT molecular complexity index is 738. The number of hydrogen-bond donors (Lipinski definition) is 1. The number of aromatic amines is 1. The van der Waals surface area contributed by atoms with Crippen LogP contribution in [0.5, 0.6) is 0 Å². The molecule has 0 saturated carbocycles.